The maximum Gasteiger partial charge on any atom is 0.406 e. The fourth-order valence-corrected chi connectivity index (χ4v) is 1.68. The highest BCUT2D eigenvalue weighted by atomic mass is 19.4. The zero-order valence-electron chi connectivity index (χ0n) is 10.9. The minimum atomic E-state index is -4.65. The van der Waals surface area contributed by atoms with Crippen LogP contribution in [0.1, 0.15) is 11.4 Å². The lowest BCUT2D eigenvalue weighted by Gasteiger charge is -2.22. The quantitative estimate of drug-likeness (QED) is 0.878. The molecule has 1 heterocycles. The van der Waals surface area contributed by atoms with Crippen LogP contribution in [0.3, 0.4) is 0 Å². The second-order valence-electron chi connectivity index (χ2n) is 4.34. The number of hydrogen-bond donors (Lipinski definition) is 1. The molecule has 0 radical (unpaired) electrons. The van der Waals surface area contributed by atoms with Gasteiger partial charge in [0.2, 0.25) is 5.91 Å². The summed E-state index contributed by atoms with van der Waals surface area (Å²) in [7, 11) is 0. The van der Waals surface area contributed by atoms with Crippen LogP contribution in [0.2, 0.25) is 0 Å². The normalized spacial score (nSPS) is 11.4. The smallest absolute Gasteiger partial charge is 0.406 e. The van der Waals surface area contributed by atoms with Crippen molar-refractivity contribution in [2.45, 2.75) is 26.6 Å². The second kappa shape index (κ2) is 5.93. The molecule has 0 saturated heterocycles. The maximum absolute atomic E-state index is 12.3. The summed E-state index contributed by atoms with van der Waals surface area (Å²) < 4.78 is 38.2. The molecule has 0 saturated carbocycles. The first-order valence-electron chi connectivity index (χ1n) is 5.66. The topological polar surface area (TPSA) is 75.4 Å². The third-order valence-corrected chi connectivity index (χ3v) is 2.44. The number of carboxylic acid groups (broad SMARTS) is 1. The van der Waals surface area contributed by atoms with Crippen molar-refractivity contribution in [1.29, 1.82) is 0 Å². The Kier molecular flexibility index (Phi) is 4.74. The summed E-state index contributed by atoms with van der Waals surface area (Å²) in [5.41, 5.74) is 1.23. The highest BCUT2D eigenvalue weighted by Gasteiger charge is 2.34. The van der Waals surface area contributed by atoms with Gasteiger partial charge in [0.25, 0.3) is 0 Å². The molecule has 1 aromatic rings. The summed E-state index contributed by atoms with van der Waals surface area (Å²) in [6.45, 7) is 0.301. The van der Waals surface area contributed by atoms with E-state index in [1.54, 1.807) is 19.9 Å². The predicted molar refractivity (Wildman–Crippen MR) is 62.0 cm³/mol. The van der Waals surface area contributed by atoms with Crippen LogP contribution in [0.4, 0.5) is 13.2 Å². The lowest BCUT2D eigenvalue weighted by molar-refractivity contribution is -0.166. The van der Waals surface area contributed by atoms with Crippen molar-refractivity contribution in [2.24, 2.45) is 0 Å². The molecular formula is C11H14F3N3O3. The number of carboxylic acids is 1. The largest absolute Gasteiger partial charge is 0.480 e. The molecule has 0 atom stereocenters. The molecule has 0 unspecified atom stereocenters. The van der Waals surface area contributed by atoms with E-state index in [0.29, 0.717) is 11.4 Å². The molecule has 0 aliphatic heterocycles. The van der Waals surface area contributed by atoms with Crippen LogP contribution >= 0.6 is 0 Å². The van der Waals surface area contributed by atoms with Crippen LogP contribution in [0.5, 0.6) is 0 Å². The van der Waals surface area contributed by atoms with E-state index in [0.717, 1.165) is 0 Å². The summed E-state index contributed by atoms with van der Waals surface area (Å²) >= 11 is 0. The van der Waals surface area contributed by atoms with Gasteiger partial charge in [0.05, 0.1) is 5.69 Å². The van der Waals surface area contributed by atoms with E-state index < -0.39 is 37.7 Å². The highest BCUT2D eigenvalue weighted by Crippen LogP contribution is 2.17. The van der Waals surface area contributed by atoms with Crippen molar-refractivity contribution >= 4 is 11.9 Å². The third-order valence-electron chi connectivity index (χ3n) is 2.44. The molecule has 9 heteroatoms. The Labute approximate surface area is 112 Å². The van der Waals surface area contributed by atoms with Crippen molar-refractivity contribution in [2.75, 3.05) is 13.1 Å². The Balaban J connectivity index is 2.82. The number of hydrogen-bond acceptors (Lipinski definition) is 3. The average molecular weight is 293 g/mol. The van der Waals surface area contributed by atoms with Crippen LogP contribution in [0, 0.1) is 13.8 Å². The Bertz CT molecular complexity index is 511. The number of rotatable bonds is 5. The number of carbonyl (C=O) groups is 2. The van der Waals surface area contributed by atoms with Crippen molar-refractivity contribution in [3.63, 3.8) is 0 Å². The minimum absolute atomic E-state index is 0.249. The van der Waals surface area contributed by atoms with Crippen LogP contribution in [0.25, 0.3) is 0 Å². The van der Waals surface area contributed by atoms with Gasteiger partial charge < -0.3 is 10.0 Å². The molecule has 1 amide bonds. The Hall–Kier alpha value is -2.06. The minimum Gasteiger partial charge on any atom is -0.480 e. The summed E-state index contributed by atoms with van der Waals surface area (Å²) in [5.74, 6) is -2.45. The van der Waals surface area contributed by atoms with Gasteiger partial charge in [0.15, 0.2) is 0 Å². The van der Waals surface area contributed by atoms with E-state index in [1.165, 1.54) is 4.68 Å². The van der Waals surface area contributed by atoms with Gasteiger partial charge >= 0.3 is 12.1 Å². The molecular weight excluding hydrogens is 279 g/mol. The molecule has 1 rings (SSSR count). The number of amides is 1. The Morgan fingerprint density at radius 1 is 1.40 bits per heavy atom. The second-order valence-corrected chi connectivity index (χ2v) is 4.34. The predicted octanol–water partition coefficient (Wildman–Crippen LogP) is 0.975. The Morgan fingerprint density at radius 3 is 2.40 bits per heavy atom. The van der Waals surface area contributed by atoms with Crippen molar-refractivity contribution in [1.82, 2.24) is 14.7 Å². The first kappa shape index (κ1) is 16.0. The summed E-state index contributed by atoms with van der Waals surface area (Å²) in [6, 6.07) is 1.67. The lowest BCUT2D eigenvalue weighted by Crippen LogP contribution is -2.43. The van der Waals surface area contributed by atoms with Crippen LogP contribution in [-0.2, 0) is 16.1 Å². The number of halogens is 3. The van der Waals surface area contributed by atoms with Crippen molar-refractivity contribution in [3.05, 3.63) is 17.5 Å². The fraction of sp³-hybridized carbons (Fsp3) is 0.545. The Morgan fingerprint density at radius 2 is 2.00 bits per heavy atom. The number of nitrogens with zero attached hydrogens (tertiary/aromatic N) is 3. The monoisotopic (exact) mass is 293 g/mol. The van der Waals surface area contributed by atoms with Gasteiger partial charge in [-0.3, -0.25) is 14.3 Å². The van der Waals surface area contributed by atoms with Crippen LogP contribution < -0.4 is 0 Å². The molecule has 6 nitrogen and oxygen atoms in total. The molecule has 20 heavy (non-hydrogen) atoms. The number of aliphatic carboxylic acids is 1. The molecule has 0 aliphatic carbocycles. The molecule has 0 fully saturated rings. The number of aryl methyl sites for hydroxylation is 2. The van der Waals surface area contributed by atoms with E-state index in [-0.39, 0.29) is 4.90 Å². The van der Waals surface area contributed by atoms with E-state index in [4.69, 9.17) is 5.11 Å². The maximum atomic E-state index is 12.3. The molecule has 0 aromatic carbocycles. The van der Waals surface area contributed by atoms with E-state index >= 15 is 0 Å². The molecule has 112 valence electrons. The number of aromatic nitrogens is 2. The molecule has 1 aromatic heterocycles. The van der Waals surface area contributed by atoms with E-state index in [2.05, 4.69) is 5.10 Å². The highest BCUT2D eigenvalue weighted by molar-refractivity contribution is 5.81. The standard InChI is InChI=1S/C11H14F3N3O3/c1-7-3-8(2)17(15-7)4-9(18)16(5-10(19)20)6-11(12,13)14/h3H,4-6H2,1-2H3,(H,19,20). The first-order chi connectivity index (χ1) is 9.08. The SMILES string of the molecule is Cc1cc(C)n(CC(=O)N(CC(=O)O)CC(F)(F)F)n1. The molecule has 0 bridgehead atoms. The molecule has 0 spiro atoms. The van der Waals surface area contributed by atoms with Gasteiger partial charge in [-0.1, -0.05) is 0 Å². The third kappa shape index (κ3) is 4.90. The zero-order valence-corrected chi connectivity index (χ0v) is 10.9. The van der Waals surface area contributed by atoms with Gasteiger partial charge in [-0.05, 0) is 19.9 Å². The fourth-order valence-electron chi connectivity index (χ4n) is 1.68. The van der Waals surface area contributed by atoms with Crippen molar-refractivity contribution in [3.8, 4) is 0 Å². The van der Waals surface area contributed by atoms with Gasteiger partial charge in [0.1, 0.15) is 19.6 Å². The van der Waals surface area contributed by atoms with Crippen LogP contribution in [-0.4, -0.2) is 50.9 Å². The van der Waals surface area contributed by atoms with Gasteiger partial charge in [-0.2, -0.15) is 18.3 Å². The lowest BCUT2D eigenvalue weighted by atomic mass is 10.4. The summed E-state index contributed by atoms with van der Waals surface area (Å²) in [4.78, 5) is 22.6. The van der Waals surface area contributed by atoms with Gasteiger partial charge in [-0.25, -0.2) is 0 Å². The van der Waals surface area contributed by atoms with E-state index in [9.17, 15) is 22.8 Å². The first-order valence-corrected chi connectivity index (χ1v) is 5.66. The average Bonchev–Trinajstić information content (AvgIpc) is 2.53. The van der Waals surface area contributed by atoms with Gasteiger partial charge in [-0.15, -0.1) is 0 Å². The van der Waals surface area contributed by atoms with Crippen LogP contribution in [0.15, 0.2) is 6.07 Å². The van der Waals surface area contributed by atoms with E-state index in [1.807, 2.05) is 0 Å². The van der Waals surface area contributed by atoms with Crippen molar-refractivity contribution < 1.29 is 27.9 Å². The summed E-state index contributed by atoms with van der Waals surface area (Å²) in [5, 5.41) is 12.5. The van der Waals surface area contributed by atoms with Gasteiger partial charge in [0, 0.05) is 5.69 Å². The number of carbonyl (C=O) groups excluding carboxylic acids is 1. The number of alkyl halides is 3. The summed E-state index contributed by atoms with van der Waals surface area (Å²) in [6.07, 6.45) is -4.65. The molecule has 1 N–H and O–H groups in total. The molecule has 0 aliphatic rings. The zero-order chi connectivity index (χ0) is 15.5.